The van der Waals surface area contributed by atoms with E-state index < -0.39 is 35.8 Å². The average Bonchev–Trinajstić information content (AvgIpc) is 2.27. The van der Waals surface area contributed by atoms with Crippen molar-refractivity contribution < 1.29 is 29.5 Å². The van der Waals surface area contributed by atoms with E-state index in [-0.39, 0.29) is 13.2 Å². The Hall–Kier alpha value is -0.240. The third kappa shape index (κ3) is 4.98. The van der Waals surface area contributed by atoms with Gasteiger partial charge < -0.3 is 29.5 Å². The molecule has 0 saturated carbocycles. The molecule has 19 heavy (non-hydrogen) atoms. The quantitative estimate of drug-likeness (QED) is 0.673. The molecule has 3 N–H and O–H groups in total. The lowest BCUT2D eigenvalue weighted by molar-refractivity contribution is -0.327. The number of rotatable bonds is 4. The summed E-state index contributed by atoms with van der Waals surface area (Å²) >= 11 is 0. The first-order valence-corrected chi connectivity index (χ1v) is 6.52. The molecule has 0 aromatic carbocycles. The van der Waals surface area contributed by atoms with Crippen molar-refractivity contribution in [2.45, 2.75) is 70.4 Å². The van der Waals surface area contributed by atoms with Crippen LogP contribution in [0.1, 0.15) is 34.6 Å². The molecule has 0 amide bonds. The lowest BCUT2D eigenvalue weighted by atomic mass is 10.0. The zero-order valence-electron chi connectivity index (χ0n) is 12.3. The molecule has 0 spiro atoms. The number of hydrogen-bond donors (Lipinski definition) is 3. The summed E-state index contributed by atoms with van der Waals surface area (Å²) in [6.07, 6.45) is -3.78. The Morgan fingerprint density at radius 1 is 1.37 bits per heavy atom. The van der Waals surface area contributed by atoms with Crippen LogP contribution in [0.2, 0.25) is 0 Å². The van der Waals surface area contributed by atoms with Gasteiger partial charge in [0.2, 0.25) is 0 Å². The molecule has 0 aromatic heterocycles. The molecule has 1 rings (SSSR count). The van der Waals surface area contributed by atoms with E-state index >= 15 is 0 Å². The van der Waals surface area contributed by atoms with Crippen LogP contribution in [0.5, 0.6) is 0 Å². The fourth-order valence-corrected chi connectivity index (χ4v) is 2.00. The number of aliphatic hydroxyl groups excluding tert-OH is 3. The van der Waals surface area contributed by atoms with E-state index in [2.05, 4.69) is 0 Å². The second-order valence-corrected chi connectivity index (χ2v) is 6.30. The molecule has 0 bridgehead atoms. The lowest BCUT2D eigenvalue weighted by Gasteiger charge is -2.43. The first-order chi connectivity index (χ1) is 8.56. The molecular formula is C13H26O6. The van der Waals surface area contributed by atoms with Gasteiger partial charge in [0.05, 0.1) is 18.8 Å². The predicted molar refractivity (Wildman–Crippen MR) is 68.6 cm³/mol. The van der Waals surface area contributed by atoms with Crippen LogP contribution >= 0.6 is 0 Å². The molecule has 6 nitrogen and oxygen atoms in total. The van der Waals surface area contributed by atoms with Gasteiger partial charge in [0.25, 0.3) is 0 Å². The minimum Gasteiger partial charge on any atom is -0.394 e. The Kier molecular flexibility index (Phi) is 5.34. The topological polar surface area (TPSA) is 88.4 Å². The number of ether oxygens (including phenoxy) is 3. The van der Waals surface area contributed by atoms with E-state index in [4.69, 9.17) is 14.2 Å². The van der Waals surface area contributed by atoms with Crippen molar-refractivity contribution in [1.82, 2.24) is 0 Å². The highest BCUT2D eigenvalue weighted by Crippen LogP contribution is 2.27. The Labute approximate surface area is 114 Å². The molecular weight excluding hydrogens is 252 g/mol. The normalized spacial score (nSPS) is 30.9. The van der Waals surface area contributed by atoms with Gasteiger partial charge in [-0.1, -0.05) is 0 Å². The first kappa shape index (κ1) is 16.8. The summed E-state index contributed by atoms with van der Waals surface area (Å²) in [6, 6.07) is 0. The summed E-state index contributed by atoms with van der Waals surface area (Å²) in [5, 5.41) is 29.5. The standard InChI is InChI=1S/C13H26O6/c1-12(2,3)18-9(6-14)10(16)11-8(15)7-17-13(4,5)19-11/h8-11,14-16H,6-7H2,1-5H3/t8?,9-,10?,11-/m1/s1. The van der Waals surface area contributed by atoms with Gasteiger partial charge in [-0.15, -0.1) is 0 Å². The Morgan fingerprint density at radius 2 is 1.95 bits per heavy atom. The highest BCUT2D eigenvalue weighted by molar-refractivity contribution is 4.88. The zero-order chi connectivity index (χ0) is 14.8. The van der Waals surface area contributed by atoms with Crippen molar-refractivity contribution in [3.05, 3.63) is 0 Å². The summed E-state index contributed by atoms with van der Waals surface area (Å²) in [5.41, 5.74) is -0.514. The smallest absolute Gasteiger partial charge is 0.163 e. The summed E-state index contributed by atoms with van der Waals surface area (Å²) < 4.78 is 16.4. The maximum absolute atomic E-state index is 10.3. The van der Waals surface area contributed by atoms with Crippen molar-refractivity contribution in [2.75, 3.05) is 13.2 Å². The van der Waals surface area contributed by atoms with Gasteiger partial charge in [-0.05, 0) is 34.6 Å². The average molecular weight is 278 g/mol. The number of hydrogen-bond acceptors (Lipinski definition) is 6. The van der Waals surface area contributed by atoms with Gasteiger partial charge in [0, 0.05) is 0 Å². The fourth-order valence-electron chi connectivity index (χ4n) is 2.00. The molecule has 1 fully saturated rings. The Morgan fingerprint density at radius 3 is 2.42 bits per heavy atom. The molecule has 1 heterocycles. The van der Waals surface area contributed by atoms with Crippen LogP contribution in [-0.4, -0.2) is 64.3 Å². The molecule has 0 aliphatic carbocycles. The predicted octanol–water partition coefficient (Wildman–Crippen LogP) is 0.0357. The molecule has 0 aromatic rings. The van der Waals surface area contributed by atoms with Crippen molar-refractivity contribution in [3.63, 3.8) is 0 Å². The van der Waals surface area contributed by atoms with Crippen LogP contribution in [0, 0.1) is 0 Å². The lowest BCUT2D eigenvalue weighted by Crippen LogP contribution is -2.57. The van der Waals surface area contributed by atoms with Gasteiger partial charge in [-0.2, -0.15) is 0 Å². The SMILES string of the molecule is CC(C)(C)O[C@H](CO)C(O)[C@@H]1OC(C)(C)OCC1O. The monoisotopic (exact) mass is 278 g/mol. The molecule has 1 saturated heterocycles. The maximum Gasteiger partial charge on any atom is 0.163 e. The van der Waals surface area contributed by atoms with E-state index in [1.54, 1.807) is 13.8 Å². The second kappa shape index (κ2) is 6.03. The van der Waals surface area contributed by atoms with Crippen LogP contribution in [0.4, 0.5) is 0 Å². The van der Waals surface area contributed by atoms with Gasteiger partial charge in [0.15, 0.2) is 5.79 Å². The van der Waals surface area contributed by atoms with Gasteiger partial charge in [-0.3, -0.25) is 0 Å². The summed E-state index contributed by atoms with van der Waals surface area (Å²) in [7, 11) is 0. The van der Waals surface area contributed by atoms with Crippen LogP contribution in [0.15, 0.2) is 0 Å². The van der Waals surface area contributed by atoms with Crippen molar-refractivity contribution >= 4 is 0 Å². The van der Waals surface area contributed by atoms with Crippen LogP contribution < -0.4 is 0 Å². The molecule has 4 atom stereocenters. The number of aliphatic hydroxyl groups is 3. The largest absolute Gasteiger partial charge is 0.394 e. The van der Waals surface area contributed by atoms with E-state index in [9.17, 15) is 15.3 Å². The maximum atomic E-state index is 10.3. The van der Waals surface area contributed by atoms with Gasteiger partial charge in [0.1, 0.15) is 24.4 Å². The summed E-state index contributed by atoms with van der Waals surface area (Å²) in [4.78, 5) is 0. The molecule has 2 unspecified atom stereocenters. The van der Waals surface area contributed by atoms with Crippen LogP contribution in [-0.2, 0) is 14.2 Å². The van der Waals surface area contributed by atoms with Crippen molar-refractivity contribution in [1.29, 1.82) is 0 Å². The Balaban J connectivity index is 2.75. The molecule has 1 aliphatic rings. The fraction of sp³-hybridized carbons (Fsp3) is 1.00. The summed E-state index contributed by atoms with van der Waals surface area (Å²) in [5.74, 6) is -0.882. The zero-order valence-corrected chi connectivity index (χ0v) is 12.3. The molecule has 0 radical (unpaired) electrons. The van der Waals surface area contributed by atoms with E-state index in [1.165, 1.54) is 0 Å². The third-order valence-electron chi connectivity index (χ3n) is 2.80. The van der Waals surface area contributed by atoms with Crippen molar-refractivity contribution in [3.8, 4) is 0 Å². The first-order valence-electron chi connectivity index (χ1n) is 6.52. The minimum absolute atomic E-state index is 0.0718. The molecule has 6 heteroatoms. The van der Waals surface area contributed by atoms with Gasteiger partial charge >= 0.3 is 0 Å². The minimum atomic E-state index is -1.14. The highest BCUT2D eigenvalue weighted by Gasteiger charge is 2.43. The van der Waals surface area contributed by atoms with Crippen LogP contribution in [0.3, 0.4) is 0 Å². The second-order valence-electron chi connectivity index (χ2n) is 6.30. The van der Waals surface area contributed by atoms with Crippen LogP contribution in [0.25, 0.3) is 0 Å². The van der Waals surface area contributed by atoms with E-state index in [1.807, 2.05) is 20.8 Å². The van der Waals surface area contributed by atoms with Gasteiger partial charge in [-0.25, -0.2) is 0 Å². The highest BCUT2D eigenvalue weighted by atomic mass is 16.7. The Bertz CT molecular complexity index is 285. The molecule has 114 valence electrons. The van der Waals surface area contributed by atoms with Crippen molar-refractivity contribution in [2.24, 2.45) is 0 Å². The third-order valence-corrected chi connectivity index (χ3v) is 2.80. The van der Waals surface area contributed by atoms with E-state index in [0.29, 0.717) is 0 Å². The summed E-state index contributed by atoms with van der Waals surface area (Å²) in [6.45, 7) is 8.61. The van der Waals surface area contributed by atoms with E-state index in [0.717, 1.165) is 0 Å². The molecule has 1 aliphatic heterocycles.